The highest BCUT2D eigenvalue weighted by molar-refractivity contribution is 5.23. The van der Waals surface area contributed by atoms with Crippen molar-refractivity contribution in [3.8, 4) is 0 Å². The van der Waals surface area contributed by atoms with E-state index < -0.39 is 36.5 Å². The molecule has 106 valence electrons. The summed E-state index contributed by atoms with van der Waals surface area (Å²) in [5.41, 5.74) is 4.60. The van der Waals surface area contributed by atoms with Gasteiger partial charge in [0.25, 0.3) is 0 Å². The summed E-state index contributed by atoms with van der Waals surface area (Å²) in [6.45, 7) is -0.685. The molecule has 2 rings (SSSR count). The zero-order valence-electron chi connectivity index (χ0n) is 10.1. The number of nitrogens with two attached hydrogens (primary N) is 1. The number of ether oxygens (including phenoxy) is 2. The van der Waals surface area contributed by atoms with Gasteiger partial charge in [0.1, 0.15) is 24.6 Å². The van der Waals surface area contributed by atoms with E-state index in [2.05, 4.69) is 4.98 Å². The van der Waals surface area contributed by atoms with Gasteiger partial charge in [-0.1, -0.05) is 0 Å². The van der Waals surface area contributed by atoms with Gasteiger partial charge in [0.2, 0.25) is 5.79 Å². The van der Waals surface area contributed by atoms with Crippen molar-refractivity contribution in [2.45, 2.75) is 24.2 Å². The van der Waals surface area contributed by atoms with E-state index >= 15 is 0 Å². The molecular weight excluding hydrogens is 258 g/mol. The molecule has 0 aliphatic carbocycles. The Hall–Kier alpha value is -1.52. The summed E-state index contributed by atoms with van der Waals surface area (Å²) in [6, 6.07) is 1.34. The van der Waals surface area contributed by atoms with Crippen LogP contribution in [0.4, 0.5) is 5.82 Å². The van der Waals surface area contributed by atoms with Crippen molar-refractivity contribution >= 4 is 5.82 Å². The maximum Gasteiger partial charge on any atom is 0.351 e. The van der Waals surface area contributed by atoms with Crippen LogP contribution in [-0.2, 0) is 9.47 Å². The van der Waals surface area contributed by atoms with Crippen molar-refractivity contribution in [2.75, 3.05) is 19.5 Å². The Morgan fingerprint density at radius 1 is 1.63 bits per heavy atom. The molecule has 1 aromatic heterocycles. The molecule has 1 saturated heterocycles. The Labute approximate surface area is 107 Å². The highest BCUT2D eigenvalue weighted by Gasteiger charge is 2.55. The number of anilines is 1. The average molecular weight is 273 g/mol. The Bertz CT molecular complexity index is 514. The Balaban J connectivity index is 2.39. The Morgan fingerprint density at radius 3 is 2.79 bits per heavy atom. The van der Waals surface area contributed by atoms with E-state index in [1.54, 1.807) is 0 Å². The molecule has 1 aliphatic heterocycles. The van der Waals surface area contributed by atoms with Crippen LogP contribution in [0.15, 0.2) is 17.1 Å². The van der Waals surface area contributed by atoms with Crippen LogP contribution in [0.5, 0.6) is 0 Å². The highest BCUT2D eigenvalue weighted by Crippen LogP contribution is 2.36. The number of methoxy groups -OCH3 is 1. The van der Waals surface area contributed by atoms with Crippen LogP contribution < -0.4 is 11.4 Å². The lowest BCUT2D eigenvalue weighted by atomic mass is 10.1. The second-order valence-electron chi connectivity index (χ2n) is 4.16. The minimum absolute atomic E-state index is 0.0226. The lowest BCUT2D eigenvalue weighted by Crippen LogP contribution is -2.47. The number of aromatic nitrogens is 2. The first-order valence-corrected chi connectivity index (χ1v) is 5.50. The van der Waals surface area contributed by atoms with E-state index in [-0.39, 0.29) is 5.82 Å². The normalized spacial score (nSPS) is 34.6. The maximum atomic E-state index is 11.7. The van der Waals surface area contributed by atoms with Crippen LogP contribution in [0.1, 0.15) is 6.23 Å². The topological polar surface area (TPSA) is 140 Å². The Morgan fingerprint density at radius 2 is 2.32 bits per heavy atom. The molecule has 0 spiro atoms. The smallest absolute Gasteiger partial charge is 0.351 e. The summed E-state index contributed by atoms with van der Waals surface area (Å²) >= 11 is 0. The molecule has 1 aromatic rings. The van der Waals surface area contributed by atoms with Crippen molar-refractivity contribution < 1.29 is 24.8 Å². The first-order chi connectivity index (χ1) is 8.95. The number of aliphatic hydroxyl groups excluding tert-OH is 3. The molecule has 0 radical (unpaired) electrons. The third-order valence-electron chi connectivity index (χ3n) is 3.08. The van der Waals surface area contributed by atoms with Crippen molar-refractivity contribution in [2.24, 2.45) is 0 Å². The summed E-state index contributed by atoms with van der Waals surface area (Å²) in [4.78, 5) is 15.1. The SMILES string of the molecule is CO[C@]1(CO)O[C@@H](n2ccc(N)nc2=O)C(O)C1O. The largest absolute Gasteiger partial charge is 0.391 e. The number of rotatable bonds is 3. The minimum Gasteiger partial charge on any atom is -0.391 e. The van der Waals surface area contributed by atoms with Crippen molar-refractivity contribution in [1.82, 2.24) is 9.55 Å². The van der Waals surface area contributed by atoms with Gasteiger partial charge in [0, 0.05) is 13.3 Å². The first kappa shape index (κ1) is 13.9. The van der Waals surface area contributed by atoms with Crippen molar-refractivity contribution in [3.05, 3.63) is 22.7 Å². The van der Waals surface area contributed by atoms with Gasteiger partial charge in [-0.25, -0.2) is 4.79 Å². The maximum absolute atomic E-state index is 11.7. The molecule has 0 aromatic carbocycles. The first-order valence-electron chi connectivity index (χ1n) is 5.50. The number of hydrogen-bond acceptors (Lipinski definition) is 8. The van der Waals surface area contributed by atoms with E-state index in [4.69, 9.17) is 15.2 Å². The highest BCUT2D eigenvalue weighted by atomic mass is 16.7. The minimum atomic E-state index is -1.79. The zero-order chi connectivity index (χ0) is 14.2. The molecule has 9 heteroatoms. The van der Waals surface area contributed by atoms with E-state index in [0.717, 1.165) is 4.57 Å². The van der Waals surface area contributed by atoms with Crippen LogP contribution in [0.3, 0.4) is 0 Å². The van der Waals surface area contributed by atoms with Crippen LogP contribution in [-0.4, -0.2) is 56.6 Å². The fourth-order valence-corrected chi connectivity index (χ4v) is 1.97. The van der Waals surface area contributed by atoms with Gasteiger partial charge in [-0.15, -0.1) is 0 Å². The summed E-state index contributed by atoms with van der Waals surface area (Å²) < 4.78 is 11.2. The van der Waals surface area contributed by atoms with Gasteiger partial charge >= 0.3 is 5.69 Å². The lowest BCUT2D eigenvalue weighted by molar-refractivity contribution is -0.269. The van der Waals surface area contributed by atoms with Crippen LogP contribution in [0, 0.1) is 0 Å². The monoisotopic (exact) mass is 273 g/mol. The van der Waals surface area contributed by atoms with Crippen LogP contribution >= 0.6 is 0 Å². The molecule has 0 bridgehead atoms. The Kier molecular flexibility index (Phi) is 3.56. The zero-order valence-corrected chi connectivity index (χ0v) is 10.1. The van der Waals surface area contributed by atoms with Gasteiger partial charge in [0.05, 0.1) is 0 Å². The third kappa shape index (κ3) is 2.11. The van der Waals surface area contributed by atoms with Gasteiger partial charge in [0.15, 0.2) is 6.23 Å². The molecule has 9 nitrogen and oxygen atoms in total. The second kappa shape index (κ2) is 4.87. The van der Waals surface area contributed by atoms with E-state index in [1.165, 1.54) is 19.4 Å². The summed E-state index contributed by atoms with van der Waals surface area (Å²) in [6.07, 6.45) is -2.94. The van der Waals surface area contributed by atoms with Gasteiger partial charge < -0.3 is 30.5 Å². The molecule has 5 N–H and O–H groups in total. The number of hydrogen-bond donors (Lipinski definition) is 4. The predicted octanol–water partition coefficient (Wildman–Crippen LogP) is -2.59. The molecule has 1 fully saturated rings. The molecule has 19 heavy (non-hydrogen) atoms. The van der Waals surface area contributed by atoms with Gasteiger partial charge in [-0.05, 0) is 6.07 Å². The second-order valence-corrected chi connectivity index (χ2v) is 4.16. The van der Waals surface area contributed by atoms with Crippen molar-refractivity contribution in [3.63, 3.8) is 0 Å². The standard InChI is InChI=1S/C10H15N3O6/c1-18-10(4-14)7(16)6(15)8(19-10)13-3-2-5(11)12-9(13)17/h2-3,6-8,14-16H,4H2,1H3,(H2,11,12,17)/t6?,7?,8-,10-/m1/s1. The fourth-order valence-electron chi connectivity index (χ4n) is 1.97. The van der Waals surface area contributed by atoms with Crippen molar-refractivity contribution in [1.29, 1.82) is 0 Å². The van der Waals surface area contributed by atoms with Gasteiger partial charge in [-0.2, -0.15) is 4.98 Å². The molecule has 2 heterocycles. The van der Waals surface area contributed by atoms with E-state index in [1.807, 2.05) is 0 Å². The fraction of sp³-hybridized carbons (Fsp3) is 0.600. The predicted molar refractivity (Wildman–Crippen MR) is 61.9 cm³/mol. The number of nitrogen functional groups attached to an aromatic ring is 1. The summed E-state index contributed by atoms with van der Waals surface area (Å²) in [5.74, 6) is -1.76. The molecule has 0 amide bonds. The van der Waals surface area contributed by atoms with Crippen LogP contribution in [0.25, 0.3) is 0 Å². The van der Waals surface area contributed by atoms with E-state index in [9.17, 15) is 20.1 Å². The molecule has 4 atom stereocenters. The van der Waals surface area contributed by atoms with Gasteiger partial charge in [-0.3, -0.25) is 4.57 Å². The molecule has 2 unspecified atom stereocenters. The summed E-state index contributed by atoms with van der Waals surface area (Å²) in [7, 11) is 1.21. The molecule has 1 aliphatic rings. The average Bonchev–Trinajstić information content (AvgIpc) is 2.64. The quantitative estimate of drug-likeness (QED) is 0.470. The molecular formula is C10H15N3O6. The number of aliphatic hydroxyl groups is 3. The van der Waals surface area contributed by atoms with E-state index in [0.29, 0.717) is 0 Å². The summed E-state index contributed by atoms with van der Waals surface area (Å²) in [5, 5.41) is 29.0. The van der Waals surface area contributed by atoms with Crippen LogP contribution in [0.2, 0.25) is 0 Å². The lowest BCUT2D eigenvalue weighted by Gasteiger charge is -2.27. The molecule has 0 saturated carbocycles. The number of nitrogens with zero attached hydrogens (tertiary/aromatic N) is 2. The third-order valence-corrected chi connectivity index (χ3v) is 3.08.